The van der Waals surface area contributed by atoms with Gasteiger partial charge in [0.2, 0.25) is 5.91 Å². The number of allylic oxidation sites excluding steroid dienone is 4. The number of hydrogen-bond donors (Lipinski definition) is 1. The molecule has 0 aliphatic heterocycles. The van der Waals surface area contributed by atoms with Crippen molar-refractivity contribution >= 4 is 34.7 Å². The molecule has 0 radical (unpaired) electrons. The van der Waals surface area contributed by atoms with E-state index in [1.54, 1.807) is 29.8 Å². The number of aromatic nitrogens is 2. The summed E-state index contributed by atoms with van der Waals surface area (Å²) in [5.74, 6) is 0.512. The molecule has 3 atom stereocenters. The van der Waals surface area contributed by atoms with Crippen LogP contribution < -0.4 is 5.73 Å². The van der Waals surface area contributed by atoms with Gasteiger partial charge in [0.1, 0.15) is 16.5 Å². The molecule has 0 aromatic carbocycles. The number of nitrogens with zero attached hydrogens (tertiary/aromatic N) is 2. The van der Waals surface area contributed by atoms with E-state index in [0.29, 0.717) is 11.7 Å². The Morgan fingerprint density at radius 1 is 1.03 bits per heavy atom. The van der Waals surface area contributed by atoms with Crippen molar-refractivity contribution in [3.8, 4) is 10.7 Å². The highest BCUT2D eigenvalue weighted by molar-refractivity contribution is 7.14. The minimum Gasteiger partial charge on any atom is -0.501 e. The average Bonchev–Trinajstić information content (AvgIpc) is 3.44. The van der Waals surface area contributed by atoms with Crippen LogP contribution in [0, 0.1) is 11.8 Å². The monoisotopic (exact) mass is 487 g/mol. The lowest BCUT2D eigenvalue weighted by atomic mass is 10.0. The van der Waals surface area contributed by atoms with Crippen molar-refractivity contribution in [1.82, 2.24) is 9.97 Å². The lowest BCUT2D eigenvalue weighted by Crippen LogP contribution is -2.22. The third kappa shape index (κ3) is 8.38. The molecular weight excluding hydrogens is 454 g/mol. The second-order valence-electron chi connectivity index (χ2n) is 7.95. The summed E-state index contributed by atoms with van der Waals surface area (Å²) < 4.78 is 10.9. The Bertz CT molecular complexity index is 1020. The highest BCUT2D eigenvalue weighted by Crippen LogP contribution is 2.29. The summed E-state index contributed by atoms with van der Waals surface area (Å²) in [5.41, 5.74) is 6.97. The van der Waals surface area contributed by atoms with Crippen LogP contribution in [0.3, 0.4) is 0 Å². The molecule has 0 fully saturated rings. The molecule has 0 aliphatic rings. The molecule has 0 spiro atoms. The predicted molar refractivity (Wildman–Crippen MR) is 138 cm³/mol. The average molecular weight is 488 g/mol. The number of ether oxygens (including phenoxy) is 2. The normalized spacial score (nSPS) is 15.7. The third-order valence-corrected chi connectivity index (χ3v) is 6.78. The fraction of sp³-hybridized carbons (Fsp3) is 0.400. The molecule has 2 N–H and O–H groups in total. The van der Waals surface area contributed by atoms with Crippen LogP contribution in [0.1, 0.15) is 44.3 Å². The van der Waals surface area contributed by atoms with E-state index in [-0.39, 0.29) is 17.9 Å². The molecule has 2 aromatic rings. The topological polar surface area (TPSA) is 87.3 Å². The first kappa shape index (κ1) is 26.7. The summed E-state index contributed by atoms with van der Waals surface area (Å²) in [4.78, 5) is 20.7. The highest BCUT2D eigenvalue weighted by atomic mass is 32.1. The quantitative estimate of drug-likeness (QED) is 0.232. The van der Waals surface area contributed by atoms with Crippen LogP contribution in [-0.4, -0.2) is 36.2 Å². The van der Waals surface area contributed by atoms with E-state index < -0.39 is 5.91 Å². The number of methoxy groups -OCH3 is 2. The molecule has 6 nitrogen and oxygen atoms in total. The highest BCUT2D eigenvalue weighted by Gasteiger charge is 2.20. The molecule has 0 bridgehead atoms. The zero-order chi connectivity index (χ0) is 24.4. The standard InChI is InChI=1S/C25H33N3O3S2/c1-16(2)9-7-8-10-17(3)24-28-20(15-33-24)25-27-19(14-32-25)11-12-21(30-5)18(4)22(31-6)13-23(26)29/h7-18,21H,1-6H3,(H2,26,29)/b9-7+,10-8+,12-11+,22-13+/t17-,18+,21-/m1/s1. The van der Waals surface area contributed by atoms with Crippen molar-refractivity contribution in [1.29, 1.82) is 0 Å². The maximum atomic E-state index is 11.2. The number of hydrogen-bond acceptors (Lipinski definition) is 7. The molecule has 2 heterocycles. The SMILES string of the molecule is CO/C(=C/C(N)=O)[C@@H](C)[C@@H](/C=C/c1csc(-c2csc([C@H](C)/C=C/C=C/C(C)C)n2)n1)OC. The summed E-state index contributed by atoms with van der Waals surface area (Å²) in [6, 6.07) is 0. The van der Waals surface area contributed by atoms with Gasteiger partial charge in [-0.25, -0.2) is 9.97 Å². The summed E-state index contributed by atoms with van der Waals surface area (Å²) in [7, 11) is 3.12. The van der Waals surface area contributed by atoms with Gasteiger partial charge in [0.25, 0.3) is 0 Å². The number of carbonyl (C=O) groups excluding carboxylic acids is 1. The van der Waals surface area contributed by atoms with Gasteiger partial charge in [0.15, 0.2) is 0 Å². The summed E-state index contributed by atoms with van der Waals surface area (Å²) in [6.07, 6.45) is 13.3. The Balaban J connectivity index is 2.09. The number of carbonyl (C=O) groups is 1. The van der Waals surface area contributed by atoms with Crippen LogP contribution in [0.25, 0.3) is 16.8 Å². The molecular formula is C25H33N3O3S2. The van der Waals surface area contributed by atoms with Gasteiger partial charge in [0, 0.05) is 35.8 Å². The molecule has 178 valence electrons. The molecule has 0 saturated heterocycles. The first-order chi connectivity index (χ1) is 15.7. The zero-order valence-corrected chi connectivity index (χ0v) is 21.7. The molecule has 8 heteroatoms. The molecule has 33 heavy (non-hydrogen) atoms. The number of amides is 1. The maximum absolute atomic E-state index is 11.2. The summed E-state index contributed by atoms with van der Waals surface area (Å²) >= 11 is 3.20. The summed E-state index contributed by atoms with van der Waals surface area (Å²) in [5, 5.41) is 5.98. The molecule has 2 aromatic heterocycles. The van der Waals surface area contributed by atoms with Crippen LogP contribution in [-0.2, 0) is 14.3 Å². The maximum Gasteiger partial charge on any atom is 0.244 e. The van der Waals surface area contributed by atoms with Crippen LogP contribution in [0.2, 0.25) is 0 Å². The Morgan fingerprint density at radius 2 is 1.76 bits per heavy atom. The van der Waals surface area contributed by atoms with Crippen molar-refractivity contribution in [3.63, 3.8) is 0 Å². The van der Waals surface area contributed by atoms with Gasteiger partial charge < -0.3 is 15.2 Å². The second kappa shape index (κ2) is 13.2. The second-order valence-corrected chi connectivity index (χ2v) is 9.70. The van der Waals surface area contributed by atoms with Crippen molar-refractivity contribution in [2.24, 2.45) is 17.6 Å². The smallest absolute Gasteiger partial charge is 0.244 e. The van der Waals surface area contributed by atoms with E-state index in [4.69, 9.17) is 25.2 Å². The molecule has 0 saturated carbocycles. The number of primary amides is 1. The molecule has 0 aliphatic carbocycles. The van der Waals surface area contributed by atoms with Crippen molar-refractivity contribution in [2.45, 2.75) is 39.7 Å². The Morgan fingerprint density at radius 3 is 2.39 bits per heavy atom. The first-order valence-electron chi connectivity index (χ1n) is 10.8. The molecule has 0 unspecified atom stereocenters. The number of rotatable bonds is 12. The largest absolute Gasteiger partial charge is 0.501 e. The van der Waals surface area contributed by atoms with Crippen molar-refractivity contribution in [2.75, 3.05) is 14.2 Å². The van der Waals surface area contributed by atoms with E-state index in [9.17, 15) is 4.79 Å². The number of thiazole rings is 2. The van der Waals surface area contributed by atoms with Crippen molar-refractivity contribution < 1.29 is 14.3 Å². The van der Waals surface area contributed by atoms with E-state index >= 15 is 0 Å². The predicted octanol–water partition coefficient (Wildman–Crippen LogP) is 5.82. The Kier molecular flexibility index (Phi) is 10.7. The van der Waals surface area contributed by atoms with Crippen molar-refractivity contribution in [3.05, 3.63) is 63.7 Å². The van der Waals surface area contributed by atoms with Crippen LogP contribution >= 0.6 is 22.7 Å². The van der Waals surface area contributed by atoms with Gasteiger partial charge in [-0.2, -0.15) is 0 Å². The van der Waals surface area contributed by atoms with E-state index in [0.717, 1.165) is 21.4 Å². The van der Waals surface area contributed by atoms with E-state index in [1.807, 2.05) is 24.5 Å². The lowest BCUT2D eigenvalue weighted by Gasteiger charge is -2.21. The fourth-order valence-corrected chi connectivity index (χ4v) is 4.66. The van der Waals surface area contributed by atoms with Gasteiger partial charge in [-0.3, -0.25) is 4.79 Å². The first-order valence-corrected chi connectivity index (χ1v) is 12.5. The Hall–Kier alpha value is -2.55. The van der Waals surface area contributed by atoms with Gasteiger partial charge in [-0.05, 0) is 12.0 Å². The van der Waals surface area contributed by atoms with Crippen LogP contribution in [0.15, 0.2) is 53.0 Å². The fourth-order valence-electron chi connectivity index (χ4n) is 3.00. The summed E-state index contributed by atoms with van der Waals surface area (Å²) in [6.45, 7) is 8.37. The minimum atomic E-state index is -0.555. The van der Waals surface area contributed by atoms with Gasteiger partial charge >= 0.3 is 0 Å². The number of nitrogens with two attached hydrogens (primary N) is 1. The van der Waals surface area contributed by atoms with Crippen LogP contribution in [0.4, 0.5) is 0 Å². The van der Waals surface area contributed by atoms with E-state index in [1.165, 1.54) is 13.2 Å². The Labute approximate surface area is 204 Å². The third-order valence-electron chi connectivity index (χ3n) is 4.85. The zero-order valence-electron chi connectivity index (χ0n) is 20.0. The van der Waals surface area contributed by atoms with Crippen LogP contribution in [0.5, 0.6) is 0 Å². The van der Waals surface area contributed by atoms with Gasteiger partial charge in [-0.1, -0.05) is 58.1 Å². The van der Waals surface area contributed by atoms with Gasteiger partial charge in [0.05, 0.1) is 23.9 Å². The minimum absolute atomic E-state index is 0.187. The lowest BCUT2D eigenvalue weighted by molar-refractivity contribution is -0.113. The molecule has 2 rings (SSSR count). The van der Waals surface area contributed by atoms with E-state index in [2.05, 4.69) is 50.5 Å². The van der Waals surface area contributed by atoms with Gasteiger partial charge in [-0.15, -0.1) is 22.7 Å². The molecule has 1 amide bonds.